The lowest BCUT2D eigenvalue weighted by Gasteiger charge is -2.37. The molecule has 5 nitrogen and oxygen atoms in total. The number of aryl methyl sites for hydroxylation is 1. The number of nitrogens with one attached hydrogen (secondary N) is 1. The third-order valence-electron chi connectivity index (χ3n) is 5.55. The number of amides is 1. The second-order valence-electron chi connectivity index (χ2n) is 7.68. The van der Waals surface area contributed by atoms with E-state index in [2.05, 4.69) is 35.6 Å². The Balaban J connectivity index is 1.43. The van der Waals surface area contributed by atoms with E-state index in [0.29, 0.717) is 25.7 Å². The predicted molar refractivity (Wildman–Crippen MR) is 95.5 cm³/mol. The van der Waals surface area contributed by atoms with Crippen molar-refractivity contribution in [2.24, 2.45) is 10.6 Å². The highest BCUT2D eigenvalue weighted by Crippen LogP contribution is 2.39. The molecule has 1 N–H and O–H groups in total. The Morgan fingerprint density at radius 2 is 2.12 bits per heavy atom. The molecule has 0 aromatic heterocycles. The van der Waals surface area contributed by atoms with Crippen molar-refractivity contribution in [3.05, 3.63) is 35.4 Å². The summed E-state index contributed by atoms with van der Waals surface area (Å²) in [5.74, 6) is 0.186. The van der Waals surface area contributed by atoms with Gasteiger partial charge in [-0.15, -0.1) is 0 Å². The minimum atomic E-state index is -0.372. The van der Waals surface area contributed by atoms with Crippen molar-refractivity contribution < 1.29 is 14.4 Å². The van der Waals surface area contributed by atoms with Gasteiger partial charge in [0.2, 0.25) is 5.91 Å². The molecule has 1 saturated carbocycles. The van der Waals surface area contributed by atoms with E-state index in [-0.39, 0.29) is 17.4 Å². The van der Waals surface area contributed by atoms with Crippen molar-refractivity contribution in [1.29, 1.82) is 0 Å². The fourth-order valence-electron chi connectivity index (χ4n) is 3.82. The third kappa shape index (κ3) is 3.71. The molecule has 2 fully saturated rings. The van der Waals surface area contributed by atoms with E-state index in [4.69, 9.17) is 9.57 Å². The first-order valence-corrected chi connectivity index (χ1v) is 9.33. The maximum Gasteiger partial charge on any atom is 0.226 e. The van der Waals surface area contributed by atoms with Crippen LogP contribution in [0.25, 0.3) is 0 Å². The van der Waals surface area contributed by atoms with Crippen LogP contribution in [0.15, 0.2) is 29.4 Å². The lowest BCUT2D eigenvalue weighted by atomic mass is 9.74. The van der Waals surface area contributed by atoms with Crippen molar-refractivity contribution >= 4 is 11.6 Å². The van der Waals surface area contributed by atoms with Crippen LogP contribution >= 0.6 is 0 Å². The highest BCUT2D eigenvalue weighted by atomic mass is 16.6. The molecule has 1 saturated heterocycles. The molecule has 0 radical (unpaired) electrons. The molecular weight excluding hydrogens is 316 g/mol. The van der Waals surface area contributed by atoms with Crippen molar-refractivity contribution in [1.82, 2.24) is 5.32 Å². The largest absolute Gasteiger partial charge is 0.392 e. The fraction of sp³-hybridized carbons (Fsp3) is 0.600. The summed E-state index contributed by atoms with van der Waals surface area (Å²) in [4.78, 5) is 18.6. The molecule has 1 aliphatic carbocycles. The number of nitrogens with zero attached hydrogens (tertiary/aromatic N) is 1. The molecule has 5 heteroatoms. The summed E-state index contributed by atoms with van der Waals surface area (Å²) in [5, 5.41) is 7.51. The van der Waals surface area contributed by atoms with Gasteiger partial charge in [-0.25, -0.2) is 0 Å². The molecule has 4 rings (SSSR count). The molecule has 1 aromatic carbocycles. The van der Waals surface area contributed by atoms with E-state index in [9.17, 15) is 4.79 Å². The summed E-state index contributed by atoms with van der Waals surface area (Å²) in [6.45, 7) is 3.38. The van der Waals surface area contributed by atoms with Crippen LogP contribution in [0.1, 0.15) is 49.7 Å². The van der Waals surface area contributed by atoms with Gasteiger partial charge in [-0.2, -0.15) is 0 Å². The second kappa shape index (κ2) is 6.79. The van der Waals surface area contributed by atoms with Crippen LogP contribution in [-0.4, -0.2) is 37.0 Å². The smallest absolute Gasteiger partial charge is 0.226 e. The average Bonchev–Trinajstić information content (AvgIpc) is 3.31. The first-order chi connectivity index (χ1) is 12.1. The molecule has 2 heterocycles. The number of hydrogen-bond donors (Lipinski definition) is 1. The summed E-state index contributed by atoms with van der Waals surface area (Å²) < 4.78 is 5.51. The van der Waals surface area contributed by atoms with Crippen LogP contribution in [0.2, 0.25) is 0 Å². The molecule has 25 heavy (non-hydrogen) atoms. The second-order valence-corrected chi connectivity index (χ2v) is 7.68. The van der Waals surface area contributed by atoms with Crippen LogP contribution < -0.4 is 5.32 Å². The van der Waals surface area contributed by atoms with Gasteiger partial charge >= 0.3 is 0 Å². The summed E-state index contributed by atoms with van der Waals surface area (Å²) in [6.07, 6.45) is 5.21. The van der Waals surface area contributed by atoms with Crippen molar-refractivity contribution in [2.45, 2.75) is 57.6 Å². The predicted octanol–water partition coefficient (Wildman–Crippen LogP) is 2.95. The van der Waals surface area contributed by atoms with E-state index in [0.717, 1.165) is 43.4 Å². The molecule has 0 bridgehead atoms. The minimum Gasteiger partial charge on any atom is -0.392 e. The highest BCUT2D eigenvalue weighted by molar-refractivity contribution is 6.01. The van der Waals surface area contributed by atoms with Crippen molar-refractivity contribution in [3.63, 3.8) is 0 Å². The summed E-state index contributed by atoms with van der Waals surface area (Å²) >= 11 is 0. The molecule has 0 spiro atoms. The van der Waals surface area contributed by atoms with Gasteiger partial charge in [0.25, 0.3) is 0 Å². The monoisotopic (exact) mass is 342 g/mol. The highest BCUT2D eigenvalue weighted by Gasteiger charge is 2.45. The van der Waals surface area contributed by atoms with Gasteiger partial charge in [-0.1, -0.05) is 35.0 Å². The first-order valence-electron chi connectivity index (χ1n) is 9.33. The van der Waals surface area contributed by atoms with E-state index >= 15 is 0 Å². The summed E-state index contributed by atoms with van der Waals surface area (Å²) in [6, 6.07) is 8.71. The molecule has 3 aliphatic rings. The Kier molecular flexibility index (Phi) is 4.50. The summed E-state index contributed by atoms with van der Waals surface area (Å²) in [5.41, 5.74) is 2.95. The van der Waals surface area contributed by atoms with E-state index < -0.39 is 0 Å². The number of ether oxygens (including phenoxy) is 1. The van der Waals surface area contributed by atoms with Crippen LogP contribution in [0.3, 0.4) is 0 Å². The number of oxime groups is 1. The Labute approximate surface area is 148 Å². The van der Waals surface area contributed by atoms with Gasteiger partial charge in [-0.05, 0) is 38.2 Å². The van der Waals surface area contributed by atoms with Crippen molar-refractivity contribution in [3.8, 4) is 0 Å². The molecule has 1 aromatic rings. The van der Waals surface area contributed by atoms with E-state index in [1.165, 1.54) is 5.56 Å². The number of benzene rings is 1. The number of rotatable bonds is 5. The lowest BCUT2D eigenvalue weighted by Crippen LogP contribution is -2.47. The lowest BCUT2D eigenvalue weighted by molar-refractivity contribution is -0.140. The molecule has 1 amide bonds. The molecule has 134 valence electrons. The molecule has 2 aliphatic heterocycles. The Hall–Kier alpha value is -1.88. The van der Waals surface area contributed by atoms with Gasteiger partial charge in [0.1, 0.15) is 6.10 Å². The zero-order chi connectivity index (χ0) is 17.3. The van der Waals surface area contributed by atoms with Gasteiger partial charge in [0.05, 0.1) is 11.1 Å². The zero-order valence-corrected chi connectivity index (χ0v) is 14.8. The van der Waals surface area contributed by atoms with Crippen LogP contribution in [0, 0.1) is 12.3 Å². The normalized spacial score (nSPS) is 25.2. The van der Waals surface area contributed by atoms with Crippen LogP contribution in [-0.2, 0) is 14.4 Å². The fourth-order valence-corrected chi connectivity index (χ4v) is 3.82. The Bertz CT molecular complexity index is 675. The SMILES string of the molecule is Cc1cccc(C2=NO[C@@H](CC3(C(=O)NC4CC4)CCOCC3)C2)c1. The Morgan fingerprint density at radius 3 is 2.84 bits per heavy atom. The minimum absolute atomic E-state index is 0.0291. The maximum absolute atomic E-state index is 12.9. The quantitative estimate of drug-likeness (QED) is 0.895. The van der Waals surface area contributed by atoms with E-state index in [1.807, 2.05) is 6.07 Å². The zero-order valence-electron chi connectivity index (χ0n) is 14.8. The number of carbonyl (C=O) groups is 1. The summed E-state index contributed by atoms with van der Waals surface area (Å²) in [7, 11) is 0. The van der Waals surface area contributed by atoms with Crippen LogP contribution in [0.4, 0.5) is 0 Å². The van der Waals surface area contributed by atoms with Crippen LogP contribution in [0.5, 0.6) is 0 Å². The van der Waals surface area contributed by atoms with Gasteiger partial charge in [0, 0.05) is 32.1 Å². The van der Waals surface area contributed by atoms with E-state index in [1.54, 1.807) is 0 Å². The van der Waals surface area contributed by atoms with Gasteiger partial charge in [-0.3, -0.25) is 4.79 Å². The third-order valence-corrected chi connectivity index (χ3v) is 5.55. The first kappa shape index (κ1) is 16.6. The van der Waals surface area contributed by atoms with Crippen molar-refractivity contribution in [2.75, 3.05) is 13.2 Å². The average molecular weight is 342 g/mol. The number of carbonyl (C=O) groups excluding carboxylic acids is 1. The standard InChI is InChI=1S/C20H26N2O3/c1-14-3-2-4-15(11-14)18-12-17(25-22-18)13-20(7-9-24-10-8-20)19(23)21-16-5-6-16/h2-4,11,16-17H,5-10,12-13H2,1H3,(H,21,23)/t17-/m1/s1. The molecular formula is C20H26N2O3. The number of hydrogen-bond acceptors (Lipinski definition) is 4. The molecule has 0 unspecified atom stereocenters. The van der Waals surface area contributed by atoms with Gasteiger partial charge < -0.3 is 14.9 Å². The topological polar surface area (TPSA) is 59.9 Å². The van der Waals surface area contributed by atoms with Gasteiger partial charge in [0.15, 0.2) is 0 Å². The Morgan fingerprint density at radius 1 is 1.32 bits per heavy atom. The maximum atomic E-state index is 12.9. The molecule has 1 atom stereocenters.